The number of aryl methyl sites for hydroxylation is 1. The zero-order valence-corrected chi connectivity index (χ0v) is 12.4. The van der Waals surface area contributed by atoms with E-state index in [0.717, 1.165) is 16.6 Å². The Morgan fingerprint density at radius 2 is 2.00 bits per heavy atom. The minimum absolute atomic E-state index is 0.0973. The molecule has 0 saturated heterocycles. The molecule has 0 radical (unpaired) electrons. The van der Waals surface area contributed by atoms with Gasteiger partial charge in [0, 0.05) is 27.3 Å². The number of carbonyl (C=O) groups excluding carboxylic acids is 1. The maximum absolute atomic E-state index is 12.5. The van der Waals surface area contributed by atoms with E-state index in [9.17, 15) is 4.79 Å². The Kier molecular flexibility index (Phi) is 3.32. The fourth-order valence-corrected chi connectivity index (χ4v) is 2.49. The number of benzene rings is 1. The van der Waals surface area contributed by atoms with Crippen LogP contribution >= 0.6 is 15.9 Å². The Balaban J connectivity index is 2.09. The smallest absolute Gasteiger partial charge is 0.212 e. The van der Waals surface area contributed by atoms with Crippen molar-refractivity contribution in [3.05, 3.63) is 70.1 Å². The van der Waals surface area contributed by atoms with Crippen molar-refractivity contribution in [3.63, 3.8) is 0 Å². The van der Waals surface area contributed by atoms with Crippen molar-refractivity contribution in [2.24, 2.45) is 0 Å². The van der Waals surface area contributed by atoms with Crippen LogP contribution < -0.4 is 0 Å². The second kappa shape index (κ2) is 5.13. The fraction of sp³-hybridized carbons (Fsp3) is 0.0625. The number of hydrogen-bond acceptors (Lipinski definition) is 3. The van der Waals surface area contributed by atoms with E-state index in [4.69, 9.17) is 0 Å². The van der Waals surface area contributed by atoms with Gasteiger partial charge in [0.05, 0.1) is 5.52 Å². The Hall–Kier alpha value is -2.07. The molecule has 0 bridgehead atoms. The topological polar surface area (TPSA) is 42.9 Å². The minimum atomic E-state index is -0.0973. The first-order chi connectivity index (χ1) is 9.65. The highest BCUT2D eigenvalue weighted by molar-refractivity contribution is 9.10. The van der Waals surface area contributed by atoms with E-state index < -0.39 is 0 Å². The highest BCUT2D eigenvalue weighted by Gasteiger charge is 2.14. The van der Waals surface area contributed by atoms with Crippen LogP contribution in [0.1, 0.15) is 21.7 Å². The maximum Gasteiger partial charge on any atom is 0.212 e. The molecular weight excluding hydrogens is 316 g/mol. The van der Waals surface area contributed by atoms with Gasteiger partial charge in [-0.05, 0) is 59.3 Å². The molecule has 0 N–H and O–H groups in total. The van der Waals surface area contributed by atoms with Crippen LogP contribution in [0.3, 0.4) is 0 Å². The minimum Gasteiger partial charge on any atom is -0.287 e. The van der Waals surface area contributed by atoms with Gasteiger partial charge >= 0.3 is 0 Å². The lowest BCUT2D eigenvalue weighted by atomic mass is 10.0. The van der Waals surface area contributed by atoms with Crippen molar-refractivity contribution in [1.29, 1.82) is 0 Å². The molecule has 0 spiro atoms. The molecule has 0 saturated carbocycles. The fourth-order valence-electron chi connectivity index (χ4n) is 2.06. The molecule has 0 fully saturated rings. The van der Waals surface area contributed by atoms with Gasteiger partial charge in [0.2, 0.25) is 5.78 Å². The number of ketones is 1. The van der Waals surface area contributed by atoms with Crippen molar-refractivity contribution in [2.75, 3.05) is 0 Å². The molecule has 3 aromatic rings. The van der Waals surface area contributed by atoms with Crippen LogP contribution in [0.15, 0.2) is 53.1 Å². The van der Waals surface area contributed by atoms with Gasteiger partial charge in [-0.1, -0.05) is 6.07 Å². The standard InChI is InChI=1S/C16H11BrN2O/c1-10-4-5-11-9-12(6-7-14(11)19-10)16(20)15-13(17)3-2-8-18-15/h2-9H,1H3. The summed E-state index contributed by atoms with van der Waals surface area (Å²) in [6.45, 7) is 1.95. The predicted molar refractivity (Wildman–Crippen MR) is 81.8 cm³/mol. The first-order valence-corrected chi connectivity index (χ1v) is 6.97. The third-order valence-corrected chi connectivity index (χ3v) is 3.70. The number of pyridine rings is 2. The molecule has 2 aromatic heterocycles. The molecule has 1 aromatic carbocycles. The second-order valence-electron chi connectivity index (χ2n) is 4.52. The largest absolute Gasteiger partial charge is 0.287 e. The van der Waals surface area contributed by atoms with Crippen LogP contribution in [-0.2, 0) is 0 Å². The monoisotopic (exact) mass is 326 g/mol. The molecule has 4 heteroatoms. The Bertz CT molecular complexity index is 814. The van der Waals surface area contributed by atoms with Gasteiger partial charge in [0.25, 0.3) is 0 Å². The Labute approximate surface area is 124 Å². The molecule has 0 aliphatic rings. The molecule has 3 rings (SSSR count). The van der Waals surface area contributed by atoms with Crippen LogP contribution in [0.25, 0.3) is 10.9 Å². The molecule has 0 unspecified atom stereocenters. The molecule has 0 aliphatic carbocycles. The highest BCUT2D eigenvalue weighted by Crippen LogP contribution is 2.20. The quantitative estimate of drug-likeness (QED) is 0.670. The van der Waals surface area contributed by atoms with Crippen LogP contribution in [0.5, 0.6) is 0 Å². The summed E-state index contributed by atoms with van der Waals surface area (Å²) in [5.74, 6) is -0.0973. The van der Waals surface area contributed by atoms with E-state index in [-0.39, 0.29) is 5.78 Å². The van der Waals surface area contributed by atoms with E-state index in [1.807, 2.05) is 37.3 Å². The molecule has 98 valence electrons. The van der Waals surface area contributed by atoms with Gasteiger partial charge in [-0.25, -0.2) is 0 Å². The number of aromatic nitrogens is 2. The number of fused-ring (bicyclic) bond motifs is 1. The lowest BCUT2D eigenvalue weighted by Crippen LogP contribution is -2.05. The number of carbonyl (C=O) groups is 1. The van der Waals surface area contributed by atoms with E-state index in [1.165, 1.54) is 0 Å². The molecule has 2 heterocycles. The first kappa shape index (κ1) is 12.9. The summed E-state index contributed by atoms with van der Waals surface area (Å²) in [7, 11) is 0. The van der Waals surface area contributed by atoms with Gasteiger partial charge < -0.3 is 0 Å². The van der Waals surface area contributed by atoms with Gasteiger partial charge in [0.1, 0.15) is 5.69 Å². The summed E-state index contributed by atoms with van der Waals surface area (Å²) >= 11 is 3.36. The van der Waals surface area contributed by atoms with Gasteiger partial charge in [-0.15, -0.1) is 0 Å². The van der Waals surface area contributed by atoms with E-state index in [0.29, 0.717) is 15.7 Å². The molecular formula is C16H11BrN2O. The zero-order valence-electron chi connectivity index (χ0n) is 10.8. The number of nitrogens with zero attached hydrogens (tertiary/aromatic N) is 2. The SMILES string of the molecule is Cc1ccc2cc(C(=O)c3ncccc3Br)ccc2n1. The van der Waals surface area contributed by atoms with Crippen LogP contribution in [0, 0.1) is 6.92 Å². The summed E-state index contributed by atoms with van der Waals surface area (Å²) in [5.41, 5.74) is 2.89. The van der Waals surface area contributed by atoms with Crippen LogP contribution in [0.4, 0.5) is 0 Å². The van der Waals surface area contributed by atoms with E-state index >= 15 is 0 Å². The summed E-state index contributed by atoms with van der Waals surface area (Å²) in [6, 6.07) is 13.0. The lowest BCUT2D eigenvalue weighted by molar-refractivity contribution is 0.103. The maximum atomic E-state index is 12.5. The molecule has 0 aliphatic heterocycles. The molecule has 3 nitrogen and oxygen atoms in total. The average molecular weight is 327 g/mol. The lowest BCUT2D eigenvalue weighted by Gasteiger charge is -2.04. The van der Waals surface area contributed by atoms with Crippen molar-refractivity contribution >= 4 is 32.6 Å². The summed E-state index contributed by atoms with van der Waals surface area (Å²) in [6.07, 6.45) is 1.62. The van der Waals surface area contributed by atoms with Crippen molar-refractivity contribution < 1.29 is 4.79 Å². The van der Waals surface area contributed by atoms with Gasteiger partial charge in [-0.2, -0.15) is 0 Å². The van der Waals surface area contributed by atoms with E-state index in [1.54, 1.807) is 18.3 Å². The van der Waals surface area contributed by atoms with Crippen LogP contribution in [0.2, 0.25) is 0 Å². The third kappa shape index (κ3) is 2.34. The summed E-state index contributed by atoms with van der Waals surface area (Å²) in [5, 5.41) is 0.952. The van der Waals surface area contributed by atoms with Gasteiger partial charge in [-0.3, -0.25) is 14.8 Å². The summed E-state index contributed by atoms with van der Waals surface area (Å²) in [4.78, 5) is 21.0. The molecule has 0 amide bonds. The van der Waals surface area contributed by atoms with Crippen molar-refractivity contribution in [2.45, 2.75) is 6.92 Å². The Morgan fingerprint density at radius 3 is 2.80 bits per heavy atom. The van der Waals surface area contributed by atoms with Crippen molar-refractivity contribution in [3.8, 4) is 0 Å². The van der Waals surface area contributed by atoms with Crippen molar-refractivity contribution in [1.82, 2.24) is 9.97 Å². The summed E-state index contributed by atoms with van der Waals surface area (Å²) < 4.78 is 0.701. The second-order valence-corrected chi connectivity index (χ2v) is 5.38. The van der Waals surface area contributed by atoms with Crippen LogP contribution in [-0.4, -0.2) is 15.8 Å². The normalized spacial score (nSPS) is 10.7. The third-order valence-electron chi connectivity index (χ3n) is 3.06. The average Bonchev–Trinajstić information content (AvgIpc) is 2.46. The van der Waals surface area contributed by atoms with Gasteiger partial charge in [0.15, 0.2) is 0 Å². The van der Waals surface area contributed by atoms with E-state index in [2.05, 4.69) is 25.9 Å². The number of rotatable bonds is 2. The zero-order chi connectivity index (χ0) is 14.1. The Morgan fingerprint density at radius 1 is 1.15 bits per heavy atom. The highest BCUT2D eigenvalue weighted by atomic mass is 79.9. The predicted octanol–water partition coefficient (Wildman–Crippen LogP) is 3.93. The first-order valence-electron chi connectivity index (χ1n) is 6.18. The number of halogens is 1. The molecule has 0 atom stereocenters. The molecule has 20 heavy (non-hydrogen) atoms. The number of hydrogen-bond donors (Lipinski definition) is 0.